The van der Waals surface area contributed by atoms with Crippen molar-refractivity contribution in [3.63, 3.8) is 0 Å². The third kappa shape index (κ3) is 5.30. The van der Waals surface area contributed by atoms with E-state index >= 15 is 0 Å². The lowest BCUT2D eigenvalue weighted by Gasteiger charge is -2.21. The first kappa shape index (κ1) is 11.0. The van der Waals surface area contributed by atoms with E-state index < -0.39 is 0 Å². The minimum Gasteiger partial charge on any atom is -0.317 e. The molecule has 1 aliphatic rings. The Kier molecular flexibility index (Phi) is 4.24. The molecule has 1 heteroatoms. The van der Waals surface area contributed by atoms with Gasteiger partial charge in [0.15, 0.2) is 0 Å². The standard InChI is InChI=1S/C12H25N/c1-12(2,3)8-6-11-5-4-9-13-10-7-11/h11,13H,4-10H2,1-3H3. The number of nitrogens with one attached hydrogen (secondary N) is 1. The summed E-state index contributed by atoms with van der Waals surface area (Å²) < 4.78 is 0. The molecule has 1 saturated heterocycles. The number of hydrogen-bond donors (Lipinski definition) is 1. The van der Waals surface area contributed by atoms with Crippen LogP contribution in [0.2, 0.25) is 0 Å². The molecule has 1 atom stereocenters. The molecular weight excluding hydrogens is 158 g/mol. The summed E-state index contributed by atoms with van der Waals surface area (Å²) in [5, 5.41) is 3.47. The van der Waals surface area contributed by atoms with Crippen LogP contribution in [-0.4, -0.2) is 13.1 Å². The molecule has 0 aliphatic carbocycles. The largest absolute Gasteiger partial charge is 0.317 e. The van der Waals surface area contributed by atoms with E-state index in [2.05, 4.69) is 26.1 Å². The highest BCUT2D eigenvalue weighted by molar-refractivity contribution is 4.70. The van der Waals surface area contributed by atoms with Crippen molar-refractivity contribution in [2.75, 3.05) is 13.1 Å². The summed E-state index contributed by atoms with van der Waals surface area (Å²) in [7, 11) is 0. The molecule has 1 fully saturated rings. The van der Waals surface area contributed by atoms with Crippen LogP contribution in [0.25, 0.3) is 0 Å². The van der Waals surface area contributed by atoms with Crippen LogP contribution < -0.4 is 5.32 Å². The molecule has 1 aliphatic heterocycles. The Morgan fingerprint density at radius 3 is 2.62 bits per heavy atom. The van der Waals surface area contributed by atoms with Crippen LogP contribution in [0.3, 0.4) is 0 Å². The second kappa shape index (κ2) is 4.99. The van der Waals surface area contributed by atoms with Gasteiger partial charge >= 0.3 is 0 Å². The summed E-state index contributed by atoms with van der Waals surface area (Å²) in [4.78, 5) is 0. The summed E-state index contributed by atoms with van der Waals surface area (Å²) in [5.74, 6) is 0.995. The summed E-state index contributed by atoms with van der Waals surface area (Å²) in [6.45, 7) is 9.53. The second-order valence-corrected chi connectivity index (χ2v) is 5.65. The van der Waals surface area contributed by atoms with Crippen molar-refractivity contribution in [3.8, 4) is 0 Å². The van der Waals surface area contributed by atoms with Crippen LogP contribution in [0, 0.1) is 11.3 Å². The van der Waals surface area contributed by atoms with Gasteiger partial charge in [0.05, 0.1) is 0 Å². The second-order valence-electron chi connectivity index (χ2n) is 5.65. The van der Waals surface area contributed by atoms with Crippen molar-refractivity contribution in [1.29, 1.82) is 0 Å². The highest BCUT2D eigenvalue weighted by Gasteiger charge is 2.16. The van der Waals surface area contributed by atoms with E-state index in [0.29, 0.717) is 5.41 Å². The van der Waals surface area contributed by atoms with Crippen molar-refractivity contribution in [2.24, 2.45) is 11.3 Å². The van der Waals surface area contributed by atoms with Crippen LogP contribution in [-0.2, 0) is 0 Å². The molecule has 0 saturated carbocycles. The fourth-order valence-corrected chi connectivity index (χ4v) is 2.02. The Morgan fingerprint density at radius 2 is 1.92 bits per heavy atom. The van der Waals surface area contributed by atoms with Gasteiger partial charge in [0, 0.05) is 0 Å². The Labute approximate surface area is 83.3 Å². The van der Waals surface area contributed by atoms with Gasteiger partial charge in [-0.05, 0) is 56.5 Å². The van der Waals surface area contributed by atoms with E-state index in [4.69, 9.17) is 0 Å². The molecule has 0 spiro atoms. The summed E-state index contributed by atoms with van der Waals surface area (Å²) >= 11 is 0. The smallest absolute Gasteiger partial charge is 0.00463 e. The predicted octanol–water partition coefficient (Wildman–Crippen LogP) is 3.20. The summed E-state index contributed by atoms with van der Waals surface area (Å²) in [6.07, 6.45) is 7.05. The third-order valence-corrected chi connectivity index (χ3v) is 3.00. The van der Waals surface area contributed by atoms with Crippen LogP contribution in [0.4, 0.5) is 0 Å². The first-order valence-electron chi connectivity index (χ1n) is 5.79. The lowest BCUT2D eigenvalue weighted by atomic mass is 9.84. The fraction of sp³-hybridized carbons (Fsp3) is 1.00. The van der Waals surface area contributed by atoms with Crippen LogP contribution in [0.5, 0.6) is 0 Å². The van der Waals surface area contributed by atoms with Crippen molar-refractivity contribution in [3.05, 3.63) is 0 Å². The molecule has 0 bridgehead atoms. The van der Waals surface area contributed by atoms with E-state index in [1.807, 2.05) is 0 Å². The van der Waals surface area contributed by atoms with Gasteiger partial charge in [-0.1, -0.05) is 20.8 Å². The maximum Gasteiger partial charge on any atom is -0.00463 e. The molecule has 1 heterocycles. The maximum absolute atomic E-state index is 3.47. The summed E-state index contributed by atoms with van der Waals surface area (Å²) in [6, 6.07) is 0. The van der Waals surface area contributed by atoms with E-state index in [0.717, 1.165) is 5.92 Å². The van der Waals surface area contributed by atoms with Crippen molar-refractivity contribution in [1.82, 2.24) is 5.32 Å². The van der Waals surface area contributed by atoms with Crippen LogP contribution >= 0.6 is 0 Å². The van der Waals surface area contributed by atoms with Gasteiger partial charge in [-0.25, -0.2) is 0 Å². The van der Waals surface area contributed by atoms with E-state index in [9.17, 15) is 0 Å². The molecule has 78 valence electrons. The lowest BCUT2D eigenvalue weighted by molar-refractivity contribution is 0.309. The van der Waals surface area contributed by atoms with Gasteiger partial charge < -0.3 is 5.32 Å². The Balaban J connectivity index is 2.19. The van der Waals surface area contributed by atoms with Crippen molar-refractivity contribution >= 4 is 0 Å². The van der Waals surface area contributed by atoms with Gasteiger partial charge in [0.1, 0.15) is 0 Å². The maximum atomic E-state index is 3.47. The average molecular weight is 183 g/mol. The fourth-order valence-electron chi connectivity index (χ4n) is 2.02. The van der Waals surface area contributed by atoms with E-state index in [1.54, 1.807) is 0 Å². The number of rotatable bonds is 2. The quantitative estimate of drug-likeness (QED) is 0.693. The zero-order valence-electron chi connectivity index (χ0n) is 9.53. The minimum absolute atomic E-state index is 0.528. The normalized spacial score (nSPS) is 25.6. The van der Waals surface area contributed by atoms with Gasteiger partial charge in [0.25, 0.3) is 0 Å². The lowest BCUT2D eigenvalue weighted by Crippen LogP contribution is -2.14. The van der Waals surface area contributed by atoms with Crippen LogP contribution in [0.15, 0.2) is 0 Å². The highest BCUT2D eigenvalue weighted by atomic mass is 14.8. The Morgan fingerprint density at radius 1 is 1.15 bits per heavy atom. The summed E-state index contributed by atoms with van der Waals surface area (Å²) in [5.41, 5.74) is 0.528. The molecule has 0 aromatic carbocycles. The Bertz CT molecular complexity index is 127. The minimum atomic E-state index is 0.528. The van der Waals surface area contributed by atoms with Gasteiger partial charge in [-0.2, -0.15) is 0 Å². The molecule has 0 amide bonds. The molecule has 0 aromatic heterocycles. The van der Waals surface area contributed by atoms with Crippen molar-refractivity contribution in [2.45, 2.75) is 52.9 Å². The first-order valence-corrected chi connectivity index (χ1v) is 5.79. The molecular formula is C12H25N. The van der Waals surface area contributed by atoms with E-state index in [-0.39, 0.29) is 0 Å². The van der Waals surface area contributed by atoms with Gasteiger partial charge in [-0.15, -0.1) is 0 Å². The van der Waals surface area contributed by atoms with Gasteiger partial charge in [-0.3, -0.25) is 0 Å². The van der Waals surface area contributed by atoms with Crippen molar-refractivity contribution < 1.29 is 0 Å². The number of hydrogen-bond acceptors (Lipinski definition) is 1. The van der Waals surface area contributed by atoms with E-state index in [1.165, 1.54) is 45.2 Å². The zero-order chi connectivity index (χ0) is 9.73. The SMILES string of the molecule is CC(C)(C)CCC1CCCNCC1. The highest BCUT2D eigenvalue weighted by Crippen LogP contribution is 2.27. The molecule has 1 nitrogen and oxygen atoms in total. The third-order valence-electron chi connectivity index (χ3n) is 3.00. The molecule has 1 unspecified atom stereocenters. The first-order chi connectivity index (χ1) is 6.08. The Hall–Kier alpha value is -0.0400. The van der Waals surface area contributed by atoms with Gasteiger partial charge in [0.2, 0.25) is 0 Å². The topological polar surface area (TPSA) is 12.0 Å². The predicted molar refractivity (Wildman–Crippen MR) is 58.9 cm³/mol. The zero-order valence-corrected chi connectivity index (χ0v) is 9.53. The monoisotopic (exact) mass is 183 g/mol. The molecule has 1 N–H and O–H groups in total. The average Bonchev–Trinajstić information content (AvgIpc) is 2.26. The van der Waals surface area contributed by atoms with Crippen LogP contribution in [0.1, 0.15) is 52.9 Å². The molecule has 13 heavy (non-hydrogen) atoms. The molecule has 0 radical (unpaired) electrons. The molecule has 0 aromatic rings. The molecule has 1 rings (SSSR count).